The highest BCUT2D eigenvalue weighted by Crippen LogP contribution is 2.24. The number of para-hydroxylation sites is 1. The number of amides is 1. The fourth-order valence-corrected chi connectivity index (χ4v) is 3.49. The molecule has 0 radical (unpaired) electrons. The van der Waals surface area contributed by atoms with E-state index in [1.54, 1.807) is 0 Å². The molecule has 1 aromatic heterocycles. The zero-order valence-corrected chi connectivity index (χ0v) is 15.9. The number of hydrogen-bond donors (Lipinski definition) is 1. The maximum atomic E-state index is 12.5. The second-order valence-electron chi connectivity index (χ2n) is 6.99. The summed E-state index contributed by atoms with van der Waals surface area (Å²) < 4.78 is 1.84. The van der Waals surface area contributed by atoms with Gasteiger partial charge in [0.1, 0.15) is 0 Å². The molecule has 0 bridgehead atoms. The number of nitrogens with zero attached hydrogens (tertiary/aromatic N) is 2. The van der Waals surface area contributed by atoms with Gasteiger partial charge in [0.2, 0.25) is 5.91 Å². The summed E-state index contributed by atoms with van der Waals surface area (Å²) in [6.07, 6.45) is 4.92. The molecule has 0 aliphatic rings. The third-order valence-corrected chi connectivity index (χ3v) is 4.96. The second kappa shape index (κ2) is 8.09. The van der Waals surface area contributed by atoms with Crippen molar-refractivity contribution >= 4 is 16.7 Å². The van der Waals surface area contributed by atoms with Gasteiger partial charge in [-0.05, 0) is 47.4 Å². The third kappa shape index (κ3) is 3.96. The van der Waals surface area contributed by atoms with Gasteiger partial charge in [0.25, 0.3) is 0 Å². The lowest BCUT2D eigenvalue weighted by Crippen LogP contribution is -2.26. The minimum absolute atomic E-state index is 0.0364. The molecule has 1 N–H and O–H groups in total. The lowest BCUT2D eigenvalue weighted by atomic mass is 9.99. The van der Waals surface area contributed by atoms with Crippen molar-refractivity contribution in [1.82, 2.24) is 15.1 Å². The Hall–Kier alpha value is -3.40. The molecular formula is C24H23N3O. The van der Waals surface area contributed by atoms with Gasteiger partial charge in [-0.1, -0.05) is 60.7 Å². The Morgan fingerprint density at radius 2 is 1.75 bits per heavy atom. The molecule has 4 nitrogen and oxygen atoms in total. The summed E-state index contributed by atoms with van der Waals surface area (Å²) in [5.74, 6) is 0.0490. The van der Waals surface area contributed by atoms with Gasteiger partial charge in [0.15, 0.2) is 0 Å². The van der Waals surface area contributed by atoms with Crippen molar-refractivity contribution in [3.05, 3.63) is 96.3 Å². The number of fused-ring (bicyclic) bond motifs is 1. The zero-order valence-electron chi connectivity index (χ0n) is 15.9. The van der Waals surface area contributed by atoms with Gasteiger partial charge in [0, 0.05) is 12.6 Å². The smallest absolute Gasteiger partial charge is 0.220 e. The highest BCUT2D eigenvalue weighted by molar-refractivity contribution is 5.86. The summed E-state index contributed by atoms with van der Waals surface area (Å²) in [4.78, 5) is 12.5. The van der Waals surface area contributed by atoms with Crippen LogP contribution in [0.5, 0.6) is 0 Å². The standard InChI is InChI=1S/C24H23N3O/c1-18(22-13-7-9-20-8-5-6-12-23(20)22)26-24(28)15-14-19-16-25-27(17-19)21-10-3-2-4-11-21/h2-13,16-18H,14-15H2,1H3,(H,26,28). The molecule has 0 saturated carbocycles. The molecule has 28 heavy (non-hydrogen) atoms. The van der Waals surface area contributed by atoms with E-state index in [1.165, 1.54) is 10.8 Å². The predicted molar refractivity (Wildman–Crippen MR) is 112 cm³/mol. The van der Waals surface area contributed by atoms with E-state index in [4.69, 9.17) is 0 Å². The molecule has 1 heterocycles. The number of carbonyl (C=O) groups excluding carboxylic acids is 1. The summed E-state index contributed by atoms with van der Waals surface area (Å²) in [6, 6.07) is 24.4. The Balaban J connectivity index is 1.37. The summed E-state index contributed by atoms with van der Waals surface area (Å²) in [5, 5.41) is 9.89. The van der Waals surface area contributed by atoms with Gasteiger partial charge in [-0.2, -0.15) is 5.10 Å². The van der Waals surface area contributed by atoms with E-state index in [0.717, 1.165) is 16.8 Å². The van der Waals surface area contributed by atoms with E-state index >= 15 is 0 Å². The number of rotatable bonds is 6. The maximum Gasteiger partial charge on any atom is 0.220 e. The SMILES string of the molecule is CC(NC(=O)CCc1cnn(-c2ccccc2)c1)c1cccc2ccccc12. The number of hydrogen-bond acceptors (Lipinski definition) is 2. The van der Waals surface area contributed by atoms with E-state index in [-0.39, 0.29) is 11.9 Å². The molecule has 4 rings (SSSR count). The van der Waals surface area contributed by atoms with E-state index in [1.807, 2.05) is 72.5 Å². The molecule has 4 heteroatoms. The minimum Gasteiger partial charge on any atom is -0.350 e. The molecule has 1 unspecified atom stereocenters. The van der Waals surface area contributed by atoms with Crippen molar-refractivity contribution in [3.63, 3.8) is 0 Å². The predicted octanol–water partition coefficient (Wildman–Crippen LogP) is 4.84. The first-order valence-electron chi connectivity index (χ1n) is 9.57. The fraction of sp³-hybridized carbons (Fsp3) is 0.167. The van der Waals surface area contributed by atoms with Gasteiger partial charge in [-0.15, -0.1) is 0 Å². The van der Waals surface area contributed by atoms with E-state index in [0.29, 0.717) is 12.8 Å². The first kappa shape index (κ1) is 18.0. The number of carbonyl (C=O) groups is 1. The van der Waals surface area contributed by atoms with Gasteiger partial charge in [0.05, 0.1) is 17.9 Å². The maximum absolute atomic E-state index is 12.5. The van der Waals surface area contributed by atoms with Gasteiger partial charge in [-0.3, -0.25) is 4.79 Å². The van der Waals surface area contributed by atoms with Crippen molar-refractivity contribution < 1.29 is 4.79 Å². The molecule has 0 aliphatic heterocycles. The Labute approximate surface area is 164 Å². The zero-order chi connectivity index (χ0) is 19.3. The van der Waals surface area contributed by atoms with Crippen LogP contribution in [0.1, 0.15) is 30.5 Å². The molecule has 140 valence electrons. The van der Waals surface area contributed by atoms with Crippen LogP contribution in [0.2, 0.25) is 0 Å². The monoisotopic (exact) mass is 369 g/mol. The minimum atomic E-state index is -0.0364. The normalized spacial score (nSPS) is 12.0. The molecule has 0 spiro atoms. The van der Waals surface area contributed by atoms with Gasteiger partial charge in [-0.25, -0.2) is 4.68 Å². The van der Waals surface area contributed by atoms with Crippen LogP contribution in [-0.4, -0.2) is 15.7 Å². The highest BCUT2D eigenvalue weighted by atomic mass is 16.1. The number of aryl methyl sites for hydroxylation is 1. The Bertz CT molecular complexity index is 1080. The summed E-state index contributed by atoms with van der Waals surface area (Å²) in [7, 11) is 0. The second-order valence-corrected chi connectivity index (χ2v) is 6.99. The van der Waals surface area contributed by atoms with Crippen LogP contribution in [0.15, 0.2) is 85.2 Å². The van der Waals surface area contributed by atoms with Crippen LogP contribution >= 0.6 is 0 Å². The van der Waals surface area contributed by atoms with Crippen LogP contribution in [0, 0.1) is 0 Å². The average molecular weight is 369 g/mol. The Morgan fingerprint density at radius 1 is 1.00 bits per heavy atom. The van der Waals surface area contributed by atoms with Crippen LogP contribution in [0.25, 0.3) is 16.5 Å². The lowest BCUT2D eigenvalue weighted by molar-refractivity contribution is -0.121. The molecule has 0 fully saturated rings. The van der Waals surface area contributed by atoms with Crippen molar-refractivity contribution in [2.75, 3.05) is 0 Å². The summed E-state index contributed by atoms with van der Waals surface area (Å²) in [6.45, 7) is 2.03. The van der Waals surface area contributed by atoms with Crippen molar-refractivity contribution in [1.29, 1.82) is 0 Å². The molecule has 0 saturated heterocycles. The van der Waals surface area contributed by atoms with E-state index in [9.17, 15) is 4.79 Å². The van der Waals surface area contributed by atoms with E-state index in [2.05, 4.69) is 34.7 Å². The molecule has 3 aromatic carbocycles. The topological polar surface area (TPSA) is 46.9 Å². The van der Waals surface area contributed by atoms with Crippen molar-refractivity contribution in [2.24, 2.45) is 0 Å². The molecule has 0 aliphatic carbocycles. The molecule has 1 atom stereocenters. The van der Waals surface area contributed by atoms with Crippen LogP contribution in [0.4, 0.5) is 0 Å². The largest absolute Gasteiger partial charge is 0.350 e. The Kier molecular flexibility index (Phi) is 5.20. The summed E-state index contributed by atoms with van der Waals surface area (Å²) >= 11 is 0. The number of nitrogens with one attached hydrogen (secondary N) is 1. The molecular weight excluding hydrogens is 346 g/mol. The fourth-order valence-electron chi connectivity index (χ4n) is 3.49. The molecule has 1 amide bonds. The van der Waals surface area contributed by atoms with Crippen LogP contribution in [-0.2, 0) is 11.2 Å². The first-order valence-corrected chi connectivity index (χ1v) is 9.57. The third-order valence-electron chi connectivity index (χ3n) is 4.96. The van der Waals surface area contributed by atoms with E-state index < -0.39 is 0 Å². The first-order chi connectivity index (χ1) is 13.7. The van der Waals surface area contributed by atoms with Gasteiger partial charge >= 0.3 is 0 Å². The van der Waals surface area contributed by atoms with Gasteiger partial charge < -0.3 is 5.32 Å². The highest BCUT2D eigenvalue weighted by Gasteiger charge is 2.12. The Morgan fingerprint density at radius 3 is 2.61 bits per heavy atom. The average Bonchev–Trinajstić information content (AvgIpc) is 3.21. The summed E-state index contributed by atoms with van der Waals surface area (Å²) in [5.41, 5.74) is 3.21. The van der Waals surface area contributed by atoms with Crippen molar-refractivity contribution in [2.45, 2.75) is 25.8 Å². The molecule has 4 aromatic rings. The van der Waals surface area contributed by atoms with Crippen molar-refractivity contribution in [3.8, 4) is 5.69 Å². The van der Waals surface area contributed by atoms with Crippen LogP contribution in [0.3, 0.4) is 0 Å². The lowest BCUT2D eigenvalue weighted by Gasteiger charge is -2.16. The van der Waals surface area contributed by atoms with Crippen LogP contribution < -0.4 is 5.32 Å². The number of aromatic nitrogens is 2. The quantitative estimate of drug-likeness (QED) is 0.529. The number of benzene rings is 3.